The number of benzene rings is 1. The summed E-state index contributed by atoms with van der Waals surface area (Å²) in [5.41, 5.74) is -0.100. The molecule has 9 heteroatoms. The van der Waals surface area contributed by atoms with Crippen molar-refractivity contribution in [1.82, 2.24) is 4.90 Å². The quantitative estimate of drug-likeness (QED) is 0.448. The van der Waals surface area contributed by atoms with Crippen LogP contribution < -0.4 is 8.92 Å². The number of carbonyl (C=O) groups is 1. The summed E-state index contributed by atoms with van der Waals surface area (Å²) in [6.07, 6.45) is 2.49. The molecule has 0 N–H and O–H groups in total. The molecule has 7 nitrogen and oxygen atoms in total. The van der Waals surface area contributed by atoms with Crippen LogP contribution in [0.5, 0.6) is 11.5 Å². The molecule has 1 amide bonds. The fourth-order valence-corrected chi connectivity index (χ4v) is 3.11. The second-order valence-corrected chi connectivity index (χ2v) is 8.87. The number of amides is 1. The van der Waals surface area contributed by atoms with Crippen molar-refractivity contribution < 1.29 is 26.5 Å². The Bertz CT molecular complexity index is 909. The van der Waals surface area contributed by atoms with Gasteiger partial charge in [0.15, 0.2) is 11.5 Å². The minimum atomic E-state index is -3.73. The molecule has 0 aliphatic carbocycles. The van der Waals surface area contributed by atoms with Crippen molar-refractivity contribution >= 4 is 27.6 Å². The zero-order chi connectivity index (χ0) is 20.9. The Kier molecular flexibility index (Phi) is 7.01. The van der Waals surface area contributed by atoms with Gasteiger partial charge in [0.05, 0.1) is 31.6 Å². The zero-order valence-corrected chi connectivity index (χ0v) is 17.8. The molecule has 0 saturated carbocycles. The van der Waals surface area contributed by atoms with Gasteiger partial charge in [0.25, 0.3) is 0 Å². The average molecular weight is 430 g/mol. The number of hydrogen-bond donors (Lipinski definition) is 0. The molecule has 1 aromatic carbocycles. The van der Waals surface area contributed by atoms with E-state index in [1.807, 2.05) is 0 Å². The normalized spacial score (nSPS) is 11.9. The van der Waals surface area contributed by atoms with Crippen molar-refractivity contribution in [2.75, 3.05) is 19.2 Å². The van der Waals surface area contributed by atoms with Crippen LogP contribution in [0.25, 0.3) is 0 Å². The van der Waals surface area contributed by atoms with Crippen LogP contribution in [0.1, 0.15) is 25.2 Å². The first kappa shape index (κ1) is 22.1. The minimum absolute atomic E-state index is 0.0597. The molecule has 0 fully saturated rings. The Hall–Kier alpha value is -2.19. The predicted molar refractivity (Wildman–Crippen MR) is 106 cm³/mol. The van der Waals surface area contributed by atoms with Gasteiger partial charge in [-0.15, -0.1) is 11.6 Å². The van der Waals surface area contributed by atoms with Crippen LogP contribution in [-0.2, 0) is 28.0 Å². The third-order valence-corrected chi connectivity index (χ3v) is 5.12. The largest absolute Gasteiger partial charge is 0.493 e. The van der Waals surface area contributed by atoms with Crippen LogP contribution in [0.2, 0.25) is 0 Å². The fraction of sp³-hybridized carbons (Fsp3) is 0.421. The number of nitrogens with zero attached hydrogens (tertiary/aromatic N) is 1. The monoisotopic (exact) mass is 429 g/mol. The maximum absolute atomic E-state index is 13.0. The molecule has 2 rings (SSSR count). The summed E-state index contributed by atoms with van der Waals surface area (Å²) in [5, 5.41) is 0. The summed E-state index contributed by atoms with van der Waals surface area (Å²) in [6.45, 7) is 4.00. The number of furan rings is 1. The van der Waals surface area contributed by atoms with Gasteiger partial charge >= 0.3 is 10.1 Å². The van der Waals surface area contributed by atoms with Gasteiger partial charge in [-0.05, 0) is 43.7 Å². The maximum Gasteiger partial charge on any atom is 0.306 e. The summed E-state index contributed by atoms with van der Waals surface area (Å²) >= 11 is 5.98. The number of methoxy groups -OCH3 is 1. The molecule has 0 radical (unpaired) electrons. The molecule has 0 bridgehead atoms. The SMILES string of the molecule is COc1ccc(CN(Cc2ccco2)C(=O)C(C)(C)CCl)cc1OS(C)(=O)=O. The average Bonchev–Trinajstić information content (AvgIpc) is 3.12. The first-order valence-corrected chi connectivity index (χ1v) is 10.8. The molecule has 1 heterocycles. The van der Waals surface area contributed by atoms with Crippen molar-refractivity contribution in [2.45, 2.75) is 26.9 Å². The van der Waals surface area contributed by atoms with Gasteiger partial charge < -0.3 is 18.2 Å². The van der Waals surface area contributed by atoms with Crippen molar-refractivity contribution in [3.63, 3.8) is 0 Å². The Balaban J connectivity index is 2.35. The molecule has 154 valence electrons. The van der Waals surface area contributed by atoms with Crippen LogP contribution in [0.15, 0.2) is 41.0 Å². The topological polar surface area (TPSA) is 86.0 Å². The fourth-order valence-electron chi connectivity index (χ4n) is 2.54. The van der Waals surface area contributed by atoms with E-state index < -0.39 is 15.5 Å². The maximum atomic E-state index is 13.0. The first-order valence-electron chi connectivity index (χ1n) is 8.50. The standard InChI is InChI=1S/C19H24ClNO6S/c1-19(2,13-20)18(22)21(12-15-6-5-9-26-15)11-14-7-8-16(25-3)17(10-14)27-28(4,23)24/h5-10H,11-13H2,1-4H3. The van der Waals surface area contributed by atoms with Crippen LogP contribution >= 0.6 is 11.6 Å². The highest BCUT2D eigenvalue weighted by atomic mass is 35.5. The number of carbonyl (C=O) groups excluding carboxylic acids is 1. The van der Waals surface area contributed by atoms with E-state index in [-0.39, 0.29) is 36.4 Å². The van der Waals surface area contributed by atoms with Crippen LogP contribution in [0, 0.1) is 5.41 Å². The summed E-state index contributed by atoms with van der Waals surface area (Å²) in [7, 11) is -2.32. The number of rotatable bonds is 9. The van der Waals surface area contributed by atoms with E-state index in [4.69, 9.17) is 24.9 Å². The predicted octanol–water partition coefficient (Wildman–Crippen LogP) is 3.42. The smallest absolute Gasteiger partial charge is 0.306 e. The second kappa shape index (κ2) is 8.87. The second-order valence-electron chi connectivity index (χ2n) is 7.03. The third kappa shape index (κ3) is 5.90. The van der Waals surface area contributed by atoms with Crippen molar-refractivity contribution in [3.8, 4) is 11.5 Å². The van der Waals surface area contributed by atoms with Crippen LogP contribution in [-0.4, -0.2) is 38.5 Å². The van der Waals surface area contributed by atoms with Crippen molar-refractivity contribution in [2.24, 2.45) is 5.41 Å². The van der Waals surface area contributed by atoms with Gasteiger partial charge in [-0.2, -0.15) is 8.42 Å². The van der Waals surface area contributed by atoms with Gasteiger partial charge in [0.1, 0.15) is 5.76 Å². The lowest BCUT2D eigenvalue weighted by atomic mass is 9.94. The highest BCUT2D eigenvalue weighted by molar-refractivity contribution is 7.86. The minimum Gasteiger partial charge on any atom is -0.493 e. The molecule has 2 aromatic rings. The summed E-state index contributed by atoms with van der Waals surface area (Å²) < 4.78 is 38.6. The summed E-state index contributed by atoms with van der Waals surface area (Å²) in [5.74, 6) is 0.967. The highest BCUT2D eigenvalue weighted by Gasteiger charge is 2.32. The van der Waals surface area contributed by atoms with Crippen LogP contribution in [0.4, 0.5) is 0 Å². The van der Waals surface area contributed by atoms with Crippen LogP contribution in [0.3, 0.4) is 0 Å². The van der Waals surface area contributed by atoms with E-state index >= 15 is 0 Å². The molecular formula is C19H24ClNO6S. The van der Waals surface area contributed by atoms with E-state index in [9.17, 15) is 13.2 Å². The Morgan fingerprint density at radius 3 is 2.46 bits per heavy atom. The Morgan fingerprint density at radius 1 is 1.21 bits per heavy atom. The zero-order valence-electron chi connectivity index (χ0n) is 16.3. The van der Waals surface area contributed by atoms with E-state index in [0.29, 0.717) is 11.3 Å². The molecule has 0 spiro atoms. The number of halogens is 1. The number of alkyl halides is 1. The van der Waals surface area contributed by atoms with Crippen molar-refractivity contribution in [1.29, 1.82) is 0 Å². The van der Waals surface area contributed by atoms with Gasteiger partial charge in [-0.25, -0.2) is 0 Å². The molecule has 0 atom stereocenters. The number of ether oxygens (including phenoxy) is 1. The molecule has 0 unspecified atom stereocenters. The van der Waals surface area contributed by atoms with Gasteiger partial charge in [-0.3, -0.25) is 4.79 Å². The molecule has 0 saturated heterocycles. The first-order chi connectivity index (χ1) is 13.1. The highest BCUT2D eigenvalue weighted by Crippen LogP contribution is 2.31. The van der Waals surface area contributed by atoms with E-state index in [1.54, 1.807) is 43.0 Å². The molecule has 1 aromatic heterocycles. The number of hydrogen-bond acceptors (Lipinski definition) is 6. The molecule has 28 heavy (non-hydrogen) atoms. The van der Waals surface area contributed by atoms with E-state index in [1.165, 1.54) is 19.4 Å². The van der Waals surface area contributed by atoms with Gasteiger partial charge in [-0.1, -0.05) is 6.07 Å². The van der Waals surface area contributed by atoms with E-state index in [0.717, 1.165) is 6.26 Å². The molecule has 0 aliphatic rings. The van der Waals surface area contributed by atoms with Gasteiger partial charge in [0, 0.05) is 12.4 Å². The lowest BCUT2D eigenvalue weighted by Gasteiger charge is -2.30. The molecular weight excluding hydrogens is 406 g/mol. The lowest BCUT2D eigenvalue weighted by molar-refractivity contribution is -0.140. The van der Waals surface area contributed by atoms with Gasteiger partial charge in [0.2, 0.25) is 5.91 Å². The molecule has 0 aliphatic heterocycles. The summed E-state index contributed by atoms with van der Waals surface area (Å²) in [6, 6.07) is 8.40. The third-order valence-electron chi connectivity index (χ3n) is 3.97. The van der Waals surface area contributed by atoms with E-state index in [2.05, 4.69) is 0 Å². The Labute approximate surface area is 170 Å². The summed E-state index contributed by atoms with van der Waals surface area (Å²) in [4.78, 5) is 14.6. The Morgan fingerprint density at radius 2 is 1.93 bits per heavy atom. The van der Waals surface area contributed by atoms with Crippen molar-refractivity contribution in [3.05, 3.63) is 47.9 Å². The lowest BCUT2D eigenvalue weighted by Crippen LogP contribution is -2.41.